The van der Waals surface area contributed by atoms with Gasteiger partial charge in [0.15, 0.2) is 11.6 Å². The highest BCUT2D eigenvalue weighted by Crippen LogP contribution is 2.22. The Balaban J connectivity index is 3.11. The Morgan fingerprint density at radius 1 is 1.46 bits per heavy atom. The summed E-state index contributed by atoms with van der Waals surface area (Å²) in [7, 11) is 1.43. The molecule has 0 saturated heterocycles. The van der Waals surface area contributed by atoms with Crippen molar-refractivity contribution >= 4 is 0 Å². The van der Waals surface area contributed by atoms with Gasteiger partial charge in [-0.05, 0) is 30.5 Å². The minimum atomic E-state index is -0.373. The zero-order valence-corrected chi connectivity index (χ0v) is 7.80. The summed E-state index contributed by atoms with van der Waals surface area (Å²) >= 11 is 0. The van der Waals surface area contributed by atoms with Gasteiger partial charge in [0.1, 0.15) is 0 Å². The molecule has 0 atom stereocenters. The third-order valence-electron chi connectivity index (χ3n) is 1.86. The van der Waals surface area contributed by atoms with Crippen molar-refractivity contribution in [2.75, 3.05) is 13.7 Å². The molecule has 0 bridgehead atoms. The van der Waals surface area contributed by atoms with Gasteiger partial charge >= 0.3 is 0 Å². The third kappa shape index (κ3) is 2.18. The molecule has 1 rings (SSSR count). The Bertz CT molecular complexity index is 297. The van der Waals surface area contributed by atoms with Crippen LogP contribution in [0.1, 0.15) is 11.1 Å². The van der Waals surface area contributed by atoms with Crippen LogP contribution in [0.4, 0.5) is 4.39 Å². The molecular formula is C10H13FO2. The Kier molecular flexibility index (Phi) is 3.25. The van der Waals surface area contributed by atoms with Gasteiger partial charge in [-0.15, -0.1) is 0 Å². The Labute approximate surface area is 77.0 Å². The number of ether oxygens (including phenoxy) is 1. The Morgan fingerprint density at radius 3 is 2.69 bits per heavy atom. The standard InChI is InChI=1S/C10H13FO2/c1-7-5-8(3-4-12)10(11)9(6-7)13-2/h5-6,12H,3-4H2,1-2H3. The van der Waals surface area contributed by atoms with E-state index < -0.39 is 0 Å². The lowest BCUT2D eigenvalue weighted by atomic mass is 10.1. The number of benzene rings is 1. The summed E-state index contributed by atoms with van der Waals surface area (Å²) in [5, 5.41) is 8.69. The van der Waals surface area contributed by atoms with E-state index in [4.69, 9.17) is 9.84 Å². The SMILES string of the molecule is COc1cc(C)cc(CCO)c1F. The van der Waals surface area contributed by atoms with Gasteiger partial charge in [-0.25, -0.2) is 4.39 Å². The summed E-state index contributed by atoms with van der Waals surface area (Å²) in [5.41, 5.74) is 1.43. The molecule has 0 aliphatic heterocycles. The van der Waals surface area contributed by atoms with Crippen LogP contribution in [0.5, 0.6) is 5.75 Å². The van der Waals surface area contributed by atoms with Gasteiger partial charge in [0.2, 0.25) is 0 Å². The second-order valence-corrected chi connectivity index (χ2v) is 2.91. The van der Waals surface area contributed by atoms with Crippen molar-refractivity contribution in [3.8, 4) is 5.75 Å². The van der Waals surface area contributed by atoms with E-state index in [1.807, 2.05) is 6.92 Å². The lowest BCUT2D eigenvalue weighted by Crippen LogP contribution is -1.99. The fourth-order valence-electron chi connectivity index (χ4n) is 1.26. The van der Waals surface area contributed by atoms with Gasteiger partial charge < -0.3 is 9.84 Å². The normalized spacial score (nSPS) is 10.2. The van der Waals surface area contributed by atoms with Crippen LogP contribution in [0, 0.1) is 12.7 Å². The van der Waals surface area contributed by atoms with Crippen LogP contribution in [-0.2, 0) is 6.42 Å². The molecule has 0 aromatic heterocycles. The summed E-state index contributed by atoms with van der Waals surface area (Å²) in [4.78, 5) is 0. The predicted molar refractivity (Wildman–Crippen MR) is 48.5 cm³/mol. The maximum atomic E-state index is 13.4. The Hall–Kier alpha value is -1.09. The van der Waals surface area contributed by atoms with E-state index in [0.717, 1.165) is 5.56 Å². The van der Waals surface area contributed by atoms with E-state index in [9.17, 15) is 4.39 Å². The fourth-order valence-corrected chi connectivity index (χ4v) is 1.26. The molecule has 3 heteroatoms. The van der Waals surface area contributed by atoms with E-state index in [0.29, 0.717) is 12.0 Å². The van der Waals surface area contributed by atoms with Crippen molar-refractivity contribution in [2.24, 2.45) is 0 Å². The van der Waals surface area contributed by atoms with Crippen molar-refractivity contribution in [1.82, 2.24) is 0 Å². The van der Waals surface area contributed by atoms with Gasteiger partial charge in [-0.3, -0.25) is 0 Å². The molecule has 0 saturated carbocycles. The van der Waals surface area contributed by atoms with Crippen molar-refractivity contribution in [2.45, 2.75) is 13.3 Å². The van der Waals surface area contributed by atoms with E-state index in [1.165, 1.54) is 7.11 Å². The molecule has 0 radical (unpaired) electrons. The minimum Gasteiger partial charge on any atom is -0.494 e. The smallest absolute Gasteiger partial charge is 0.168 e. The highest BCUT2D eigenvalue weighted by molar-refractivity contribution is 5.35. The zero-order chi connectivity index (χ0) is 9.84. The van der Waals surface area contributed by atoms with Gasteiger partial charge in [0.25, 0.3) is 0 Å². The topological polar surface area (TPSA) is 29.5 Å². The maximum Gasteiger partial charge on any atom is 0.168 e. The summed E-state index contributed by atoms with van der Waals surface area (Å²) in [5.74, 6) is -0.134. The third-order valence-corrected chi connectivity index (χ3v) is 1.86. The largest absolute Gasteiger partial charge is 0.494 e. The average Bonchev–Trinajstić information content (AvgIpc) is 2.11. The fraction of sp³-hybridized carbons (Fsp3) is 0.400. The van der Waals surface area contributed by atoms with Crippen LogP contribution in [0.25, 0.3) is 0 Å². The van der Waals surface area contributed by atoms with Gasteiger partial charge in [-0.1, -0.05) is 6.07 Å². The average molecular weight is 184 g/mol. The van der Waals surface area contributed by atoms with Crippen LogP contribution >= 0.6 is 0 Å². The Morgan fingerprint density at radius 2 is 2.15 bits per heavy atom. The summed E-state index contributed by atoms with van der Waals surface area (Å²) in [6, 6.07) is 3.35. The van der Waals surface area contributed by atoms with Gasteiger partial charge in [0.05, 0.1) is 7.11 Å². The summed E-state index contributed by atoms with van der Waals surface area (Å²) in [6.07, 6.45) is 0.323. The molecule has 0 amide bonds. The second-order valence-electron chi connectivity index (χ2n) is 2.91. The summed E-state index contributed by atoms with van der Waals surface area (Å²) < 4.78 is 18.3. The lowest BCUT2D eigenvalue weighted by Gasteiger charge is -2.07. The van der Waals surface area contributed by atoms with E-state index in [1.54, 1.807) is 12.1 Å². The van der Waals surface area contributed by atoms with Crippen LogP contribution < -0.4 is 4.74 Å². The number of methoxy groups -OCH3 is 1. The highest BCUT2D eigenvalue weighted by atomic mass is 19.1. The molecule has 2 nitrogen and oxygen atoms in total. The molecule has 0 heterocycles. The molecular weight excluding hydrogens is 171 g/mol. The number of hydrogen-bond acceptors (Lipinski definition) is 2. The first-order valence-electron chi connectivity index (χ1n) is 4.13. The molecule has 1 N–H and O–H groups in total. The van der Waals surface area contributed by atoms with Gasteiger partial charge in [-0.2, -0.15) is 0 Å². The number of halogens is 1. The van der Waals surface area contributed by atoms with Crippen LogP contribution in [0.15, 0.2) is 12.1 Å². The van der Waals surface area contributed by atoms with E-state index in [2.05, 4.69) is 0 Å². The molecule has 13 heavy (non-hydrogen) atoms. The van der Waals surface area contributed by atoms with Crippen LogP contribution in [0.3, 0.4) is 0 Å². The number of hydrogen-bond donors (Lipinski definition) is 1. The van der Waals surface area contributed by atoms with E-state index in [-0.39, 0.29) is 18.2 Å². The highest BCUT2D eigenvalue weighted by Gasteiger charge is 2.08. The molecule has 0 aliphatic carbocycles. The molecule has 1 aromatic carbocycles. The first-order chi connectivity index (χ1) is 6.19. The van der Waals surface area contributed by atoms with Crippen molar-refractivity contribution < 1.29 is 14.2 Å². The molecule has 72 valence electrons. The molecule has 1 aromatic rings. The first kappa shape index (κ1) is 9.99. The van der Waals surface area contributed by atoms with Crippen molar-refractivity contribution in [3.05, 3.63) is 29.1 Å². The van der Waals surface area contributed by atoms with Gasteiger partial charge in [0, 0.05) is 6.61 Å². The maximum absolute atomic E-state index is 13.4. The molecule has 0 unspecified atom stereocenters. The summed E-state index contributed by atoms with van der Waals surface area (Å²) in [6.45, 7) is 1.81. The van der Waals surface area contributed by atoms with Crippen molar-refractivity contribution in [1.29, 1.82) is 0 Å². The molecule has 0 aliphatic rings. The van der Waals surface area contributed by atoms with Crippen molar-refractivity contribution in [3.63, 3.8) is 0 Å². The monoisotopic (exact) mass is 184 g/mol. The molecule has 0 spiro atoms. The van der Waals surface area contributed by atoms with Crippen LogP contribution in [0.2, 0.25) is 0 Å². The quantitative estimate of drug-likeness (QED) is 0.774. The number of aryl methyl sites for hydroxylation is 1. The zero-order valence-electron chi connectivity index (χ0n) is 7.80. The number of rotatable bonds is 3. The second kappa shape index (κ2) is 4.23. The lowest BCUT2D eigenvalue weighted by molar-refractivity contribution is 0.296. The number of aliphatic hydroxyl groups excluding tert-OH is 1. The minimum absolute atomic E-state index is 0.0521. The van der Waals surface area contributed by atoms with Crippen LogP contribution in [-0.4, -0.2) is 18.8 Å². The van der Waals surface area contributed by atoms with E-state index >= 15 is 0 Å². The first-order valence-corrected chi connectivity index (χ1v) is 4.13. The molecule has 0 fully saturated rings. The predicted octanol–water partition coefficient (Wildman–Crippen LogP) is 1.68. The number of aliphatic hydroxyl groups is 1.